The SMILES string of the molecule is Cn1cncc1C(N)(c1ccc(Cl)cc1)c1ccc2c(c1)c(-c1cccc(Cl)c1)cc(=O)n2C.[Cl][Pt+2][Cl].[NH2-].[NH2-]. The number of benzene rings is 3. The average Bonchev–Trinajstić information content (AvgIpc) is 3.32. The van der Waals surface area contributed by atoms with Crippen molar-refractivity contribution in [3.8, 4) is 11.1 Å². The van der Waals surface area contributed by atoms with Crippen LogP contribution in [-0.2, 0) is 36.1 Å². The quantitative estimate of drug-likeness (QED) is 0.197. The van der Waals surface area contributed by atoms with Crippen LogP contribution in [0.2, 0.25) is 10.0 Å². The first-order valence-electron chi connectivity index (χ1n) is 10.9. The molecular weight excluding hydrogens is 761 g/mol. The fourth-order valence-corrected chi connectivity index (χ4v) is 4.83. The van der Waals surface area contributed by atoms with Crippen molar-refractivity contribution in [2.45, 2.75) is 5.54 Å². The van der Waals surface area contributed by atoms with Crippen LogP contribution in [0.3, 0.4) is 0 Å². The van der Waals surface area contributed by atoms with Gasteiger partial charge in [0.15, 0.2) is 0 Å². The van der Waals surface area contributed by atoms with E-state index in [2.05, 4.69) is 4.98 Å². The van der Waals surface area contributed by atoms with Gasteiger partial charge in [0.05, 0.1) is 23.7 Å². The number of aryl methyl sites for hydroxylation is 2. The van der Waals surface area contributed by atoms with Crippen molar-refractivity contribution in [2.24, 2.45) is 19.8 Å². The molecular formula is C27H26Cl4N6OPt. The smallest absolute Gasteiger partial charge is 0.693 e. The van der Waals surface area contributed by atoms with Gasteiger partial charge in [0.1, 0.15) is 5.54 Å². The van der Waals surface area contributed by atoms with Crippen LogP contribution < -0.4 is 11.3 Å². The molecule has 0 saturated carbocycles. The number of hydrogen-bond donors (Lipinski definition) is 1. The van der Waals surface area contributed by atoms with Crippen LogP contribution >= 0.6 is 42.0 Å². The first-order chi connectivity index (χ1) is 17.7. The average molecular weight is 787 g/mol. The Morgan fingerprint density at radius 2 is 1.51 bits per heavy atom. The van der Waals surface area contributed by atoms with E-state index in [0.29, 0.717) is 10.0 Å². The molecule has 12 heteroatoms. The molecule has 0 spiro atoms. The monoisotopic (exact) mass is 785 g/mol. The summed E-state index contributed by atoms with van der Waals surface area (Å²) in [5, 5.41) is 2.13. The van der Waals surface area contributed by atoms with Crippen LogP contribution in [0.15, 0.2) is 90.1 Å². The molecule has 0 aliphatic carbocycles. The molecule has 5 rings (SSSR count). The molecule has 0 saturated heterocycles. The Bertz CT molecular complexity index is 1620. The van der Waals surface area contributed by atoms with Crippen molar-refractivity contribution in [3.05, 3.63) is 135 Å². The summed E-state index contributed by atoms with van der Waals surface area (Å²) in [5.74, 6) is 0. The van der Waals surface area contributed by atoms with Gasteiger partial charge in [-0.05, 0) is 58.7 Å². The second-order valence-corrected chi connectivity index (χ2v) is 12.6. The summed E-state index contributed by atoms with van der Waals surface area (Å²) in [6.45, 7) is 0. The Morgan fingerprint density at radius 1 is 0.872 bits per heavy atom. The third-order valence-electron chi connectivity index (χ3n) is 6.36. The van der Waals surface area contributed by atoms with E-state index in [-0.39, 0.29) is 17.9 Å². The predicted octanol–water partition coefficient (Wildman–Crippen LogP) is 8.31. The molecule has 2 heterocycles. The summed E-state index contributed by atoms with van der Waals surface area (Å²) in [5.41, 5.74) is 11.1. The van der Waals surface area contributed by atoms with E-state index in [1.807, 2.05) is 78.3 Å². The van der Waals surface area contributed by atoms with Crippen molar-refractivity contribution in [1.29, 1.82) is 0 Å². The molecule has 0 aliphatic rings. The number of fused-ring (bicyclic) bond motifs is 1. The van der Waals surface area contributed by atoms with Crippen LogP contribution in [0, 0.1) is 0 Å². The maximum absolute atomic E-state index is 12.8. The molecule has 7 nitrogen and oxygen atoms in total. The maximum atomic E-state index is 12.8. The number of nitrogens with zero attached hydrogens (tertiary/aromatic N) is 3. The van der Waals surface area contributed by atoms with Crippen molar-refractivity contribution in [2.75, 3.05) is 0 Å². The second kappa shape index (κ2) is 13.9. The van der Waals surface area contributed by atoms with Crippen LogP contribution in [-0.4, -0.2) is 14.1 Å². The molecule has 0 radical (unpaired) electrons. The van der Waals surface area contributed by atoms with Gasteiger partial charge in [0.2, 0.25) is 0 Å². The topological polar surface area (TPSA) is 133 Å². The van der Waals surface area contributed by atoms with Gasteiger partial charge in [-0.2, -0.15) is 0 Å². The largest absolute Gasteiger partial charge is 0.693 e. The minimum Gasteiger partial charge on any atom is -0.693 e. The van der Waals surface area contributed by atoms with Gasteiger partial charge in [-0.15, -0.1) is 0 Å². The van der Waals surface area contributed by atoms with Crippen molar-refractivity contribution < 1.29 is 16.5 Å². The molecule has 5 aromatic rings. The van der Waals surface area contributed by atoms with E-state index < -0.39 is 22.0 Å². The molecule has 2 aromatic heterocycles. The fourth-order valence-electron chi connectivity index (χ4n) is 4.51. The van der Waals surface area contributed by atoms with E-state index in [4.69, 9.17) is 47.8 Å². The van der Waals surface area contributed by atoms with Crippen LogP contribution in [0.25, 0.3) is 34.3 Å². The van der Waals surface area contributed by atoms with Gasteiger partial charge in [-0.3, -0.25) is 4.79 Å². The van der Waals surface area contributed by atoms with Gasteiger partial charge >= 0.3 is 35.3 Å². The fraction of sp³-hybridized carbons (Fsp3) is 0.111. The van der Waals surface area contributed by atoms with Crippen molar-refractivity contribution in [3.63, 3.8) is 0 Å². The van der Waals surface area contributed by atoms with Crippen molar-refractivity contribution in [1.82, 2.24) is 14.1 Å². The van der Waals surface area contributed by atoms with Gasteiger partial charge in [-0.1, -0.05) is 53.5 Å². The van der Waals surface area contributed by atoms with Gasteiger partial charge in [0.25, 0.3) is 5.56 Å². The zero-order chi connectivity index (χ0) is 26.7. The number of halogens is 4. The Hall–Kier alpha value is -2.19. The molecule has 0 bridgehead atoms. The van der Waals surface area contributed by atoms with E-state index in [1.165, 1.54) is 0 Å². The van der Waals surface area contributed by atoms with Gasteiger partial charge < -0.3 is 27.2 Å². The second-order valence-electron chi connectivity index (χ2n) is 8.45. The molecule has 1 atom stereocenters. The Morgan fingerprint density at radius 3 is 2.10 bits per heavy atom. The molecule has 39 heavy (non-hydrogen) atoms. The summed E-state index contributed by atoms with van der Waals surface area (Å²) in [4.78, 5) is 17.1. The number of nitrogens with two attached hydrogens (primary N) is 3. The number of rotatable bonds is 4. The van der Waals surface area contributed by atoms with E-state index in [1.54, 1.807) is 30.2 Å². The molecule has 0 amide bonds. The first kappa shape index (κ1) is 33.0. The van der Waals surface area contributed by atoms with Crippen LogP contribution in [0.1, 0.15) is 16.8 Å². The molecule has 208 valence electrons. The van der Waals surface area contributed by atoms with Gasteiger partial charge in [-0.25, -0.2) is 4.98 Å². The minimum atomic E-state index is -1.01. The van der Waals surface area contributed by atoms with E-state index >= 15 is 0 Å². The van der Waals surface area contributed by atoms with Crippen molar-refractivity contribution >= 4 is 52.9 Å². The number of imidazole rings is 1. The summed E-state index contributed by atoms with van der Waals surface area (Å²) < 4.78 is 3.55. The zero-order valence-corrected chi connectivity index (χ0v) is 26.2. The maximum Gasteiger partial charge on any atom is -0.693 e. The zero-order valence-electron chi connectivity index (χ0n) is 20.9. The normalized spacial score (nSPS) is 12.1. The Kier molecular flexibility index (Phi) is 11.8. The summed E-state index contributed by atoms with van der Waals surface area (Å²) in [6, 6.07) is 22.6. The first-order valence-corrected chi connectivity index (χ1v) is 17.3. The molecule has 1 unspecified atom stereocenters. The van der Waals surface area contributed by atoms with Gasteiger partial charge in [0, 0.05) is 35.6 Å². The van der Waals surface area contributed by atoms with E-state index in [9.17, 15) is 4.79 Å². The number of aromatic nitrogens is 3. The van der Waals surface area contributed by atoms with E-state index in [0.717, 1.165) is 38.9 Å². The molecule has 3 aromatic carbocycles. The Labute approximate surface area is 253 Å². The number of hydrogen-bond acceptors (Lipinski definition) is 3. The number of pyridine rings is 1. The summed E-state index contributed by atoms with van der Waals surface area (Å²) in [6.07, 6.45) is 3.51. The molecule has 0 aliphatic heterocycles. The molecule has 0 fully saturated rings. The standard InChI is InChI=1S/C27H22Cl2N4O.2ClH.2H2N.Pt/c1-32-16-31-15-25(32)27(30,18-6-9-20(28)10-7-18)19-8-11-24-23(13-19)22(14-26(34)33(24)2)17-4-3-5-21(29)12-17;;;;;/h3-16H,30H2,1-2H3;2*1H;2*1H2;/q;;;2*-1;+4/p-2. The molecule has 6 N–H and O–H groups in total. The third-order valence-corrected chi connectivity index (χ3v) is 6.84. The summed E-state index contributed by atoms with van der Waals surface area (Å²) in [7, 11) is 13.4. The predicted molar refractivity (Wildman–Crippen MR) is 161 cm³/mol. The summed E-state index contributed by atoms with van der Waals surface area (Å²) >= 11 is 12.0. The minimum absolute atomic E-state index is 0. The van der Waals surface area contributed by atoms with Crippen LogP contribution in [0.5, 0.6) is 0 Å². The third kappa shape index (κ3) is 6.59. The van der Waals surface area contributed by atoms with Crippen LogP contribution in [0.4, 0.5) is 0 Å². The Balaban J connectivity index is 0.00000102.